The van der Waals surface area contributed by atoms with Gasteiger partial charge in [-0.2, -0.15) is 5.10 Å². The van der Waals surface area contributed by atoms with E-state index in [0.717, 1.165) is 18.7 Å². The normalized spacial score (nSPS) is 11.1. The van der Waals surface area contributed by atoms with Crippen LogP contribution in [-0.2, 0) is 17.6 Å². The lowest BCUT2D eigenvalue weighted by Crippen LogP contribution is -2.13. The second kappa shape index (κ2) is 6.61. The van der Waals surface area contributed by atoms with Crippen LogP contribution in [-0.4, -0.2) is 20.5 Å². The van der Waals surface area contributed by atoms with Crippen LogP contribution in [0.2, 0.25) is 0 Å². The molecular weight excluding hydrogens is 258 g/mol. The SMILES string of the molecule is CC(C)n1ncnc1CC(=O)CCCc1cccs1. The monoisotopic (exact) mass is 277 g/mol. The molecule has 0 saturated heterocycles. The van der Waals surface area contributed by atoms with Gasteiger partial charge in [-0.05, 0) is 38.1 Å². The van der Waals surface area contributed by atoms with Gasteiger partial charge in [0.05, 0.1) is 6.42 Å². The maximum absolute atomic E-state index is 11.9. The van der Waals surface area contributed by atoms with Crippen molar-refractivity contribution in [2.24, 2.45) is 0 Å². The summed E-state index contributed by atoms with van der Waals surface area (Å²) in [5.41, 5.74) is 0. The molecule has 102 valence electrons. The van der Waals surface area contributed by atoms with Gasteiger partial charge in [0.15, 0.2) is 0 Å². The second-order valence-corrected chi connectivity index (χ2v) is 5.90. The molecule has 2 heterocycles. The Hall–Kier alpha value is -1.49. The first kappa shape index (κ1) is 13.9. The van der Waals surface area contributed by atoms with Crippen molar-refractivity contribution < 1.29 is 4.79 Å². The van der Waals surface area contributed by atoms with Gasteiger partial charge < -0.3 is 0 Å². The molecule has 0 aromatic carbocycles. The molecule has 0 aliphatic heterocycles. The molecule has 0 amide bonds. The first-order valence-corrected chi connectivity index (χ1v) is 7.47. The van der Waals surface area contributed by atoms with Crippen molar-refractivity contribution >= 4 is 17.1 Å². The van der Waals surface area contributed by atoms with E-state index in [0.29, 0.717) is 12.8 Å². The Morgan fingerprint density at radius 2 is 2.32 bits per heavy atom. The lowest BCUT2D eigenvalue weighted by molar-refractivity contribution is -0.118. The summed E-state index contributed by atoms with van der Waals surface area (Å²) in [6.45, 7) is 4.08. The fraction of sp³-hybridized carbons (Fsp3) is 0.500. The van der Waals surface area contributed by atoms with Crippen LogP contribution in [0, 0.1) is 0 Å². The lowest BCUT2D eigenvalue weighted by atomic mass is 10.1. The van der Waals surface area contributed by atoms with Gasteiger partial charge in [0.2, 0.25) is 0 Å². The minimum atomic E-state index is 0.242. The molecule has 0 saturated carbocycles. The van der Waals surface area contributed by atoms with Gasteiger partial charge >= 0.3 is 0 Å². The van der Waals surface area contributed by atoms with E-state index in [1.807, 2.05) is 24.6 Å². The van der Waals surface area contributed by atoms with Crippen LogP contribution in [0.4, 0.5) is 0 Å². The zero-order valence-corrected chi connectivity index (χ0v) is 12.2. The molecule has 0 aliphatic carbocycles. The summed E-state index contributed by atoms with van der Waals surface area (Å²) in [5.74, 6) is 1.02. The van der Waals surface area contributed by atoms with Crippen molar-refractivity contribution in [3.63, 3.8) is 0 Å². The van der Waals surface area contributed by atoms with Gasteiger partial charge in [0.1, 0.15) is 17.9 Å². The van der Waals surface area contributed by atoms with Gasteiger partial charge in [-0.15, -0.1) is 11.3 Å². The molecule has 0 atom stereocenters. The molecule has 4 nitrogen and oxygen atoms in total. The molecule has 5 heteroatoms. The van der Waals surface area contributed by atoms with Crippen LogP contribution in [0.1, 0.15) is 43.4 Å². The molecule has 0 spiro atoms. The number of hydrogen-bond acceptors (Lipinski definition) is 4. The van der Waals surface area contributed by atoms with Crippen molar-refractivity contribution in [2.45, 2.75) is 45.6 Å². The molecule has 19 heavy (non-hydrogen) atoms. The van der Waals surface area contributed by atoms with Crippen LogP contribution in [0.5, 0.6) is 0 Å². The summed E-state index contributed by atoms with van der Waals surface area (Å²) in [7, 11) is 0. The van der Waals surface area contributed by atoms with Crippen molar-refractivity contribution in [1.82, 2.24) is 14.8 Å². The third kappa shape index (κ3) is 3.99. The highest BCUT2D eigenvalue weighted by Crippen LogP contribution is 2.13. The fourth-order valence-corrected chi connectivity index (χ4v) is 2.76. The molecule has 0 N–H and O–H groups in total. The zero-order chi connectivity index (χ0) is 13.7. The molecular formula is C14H19N3OS. The van der Waals surface area contributed by atoms with Crippen LogP contribution >= 0.6 is 11.3 Å². The fourth-order valence-electron chi connectivity index (χ4n) is 2.01. The number of rotatable bonds is 7. The van der Waals surface area contributed by atoms with Gasteiger partial charge in [-0.3, -0.25) is 4.79 Å². The Bertz CT molecular complexity index is 517. The van der Waals surface area contributed by atoms with E-state index in [4.69, 9.17) is 0 Å². The third-order valence-electron chi connectivity index (χ3n) is 2.95. The Morgan fingerprint density at radius 3 is 3.00 bits per heavy atom. The second-order valence-electron chi connectivity index (χ2n) is 4.86. The molecule has 0 radical (unpaired) electrons. The Labute approximate surface area is 117 Å². The van der Waals surface area contributed by atoms with Crippen molar-refractivity contribution in [3.8, 4) is 0 Å². The van der Waals surface area contributed by atoms with E-state index in [2.05, 4.69) is 21.5 Å². The average molecular weight is 277 g/mol. The number of carbonyl (C=O) groups excluding carboxylic acids is 1. The predicted molar refractivity (Wildman–Crippen MR) is 76.4 cm³/mol. The summed E-state index contributed by atoms with van der Waals surface area (Å²) in [6.07, 6.45) is 4.43. The average Bonchev–Trinajstić information content (AvgIpc) is 2.99. The Morgan fingerprint density at radius 1 is 1.47 bits per heavy atom. The van der Waals surface area contributed by atoms with Gasteiger partial charge in [0, 0.05) is 17.3 Å². The number of ketones is 1. The summed E-state index contributed by atoms with van der Waals surface area (Å²) in [5, 5.41) is 6.22. The van der Waals surface area contributed by atoms with E-state index in [1.54, 1.807) is 11.3 Å². The maximum Gasteiger partial charge on any atom is 0.140 e. The standard InChI is InChI=1S/C14H19N3OS/c1-11(2)17-14(15-10-16-17)9-12(18)5-3-6-13-7-4-8-19-13/h4,7-8,10-11H,3,5-6,9H2,1-2H3. The number of thiophene rings is 1. The quantitative estimate of drug-likeness (QED) is 0.781. The molecule has 2 aromatic rings. The van der Waals surface area contributed by atoms with Gasteiger partial charge in [-0.1, -0.05) is 6.07 Å². The largest absolute Gasteiger partial charge is 0.299 e. The first-order valence-electron chi connectivity index (χ1n) is 6.59. The molecule has 0 aliphatic rings. The molecule has 2 rings (SSSR count). The Kier molecular flexibility index (Phi) is 4.85. The van der Waals surface area contributed by atoms with E-state index in [1.165, 1.54) is 11.2 Å². The van der Waals surface area contributed by atoms with Crippen LogP contribution in [0.25, 0.3) is 0 Å². The predicted octanol–water partition coefficient (Wildman–Crippen LogP) is 3.06. The minimum Gasteiger partial charge on any atom is -0.299 e. The summed E-state index contributed by atoms with van der Waals surface area (Å²) in [4.78, 5) is 17.4. The Balaban J connectivity index is 1.79. The molecule has 2 aromatic heterocycles. The maximum atomic E-state index is 11.9. The third-order valence-corrected chi connectivity index (χ3v) is 3.89. The summed E-state index contributed by atoms with van der Waals surface area (Å²) in [6, 6.07) is 4.41. The first-order chi connectivity index (χ1) is 9.16. The number of aromatic nitrogens is 3. The van der Waals surface area contributed by atoms with Gasteiger partial charge in [0.25, 0.3) is 0 Å². The summed E-state index contributed by atoms with van der Waals surface area (Å²) < 4.78 is 1.82. The van der Waals surface area contributed by atoms with Crippen LogP contribution in [0.15, 0.2) is 23.8 Å². The molecule has 0 bridgehead atoms. The number of carbonyl (C=O) groups is 1. The van der Waals surface area contributed by atoms with Crippen LogP contribution < -0.4 is 0 Å². The number of aryl methyl sites for hydroxylation is 1. The van der Waals surface area contributed by atoms with Crippen LogP contribution in [0.3, 0.4) is 0 Å². The van der Waals surface area contributed by atoms with Crippen molar-refractivity contribution in [1.29, 1.82) is 0 Å². The van der Waals surface area contributed by atoms with E-state index >= 15 is 0 Å². The number of nitrogens with zero attached hydrogens (tertiary/aromatic N) is 3. The summed E-state index contributed by atoms with van der Waals surface area (Å²) >= 11 is 1.75. The highest BCUT2D eigenvalue weighted by molar-refractivity contribution is 7.09. The highest BCUT2D eigenvalue weighted by Gasteiger charge is 2.12. The molecule has 0 fully saturated rings. The minimum absolute atomic E-state index is 0.242. The number of Topliss-reactive ketones (excluding diaryl/α,β-unsaturated/α-hetero) is 1. The van der Waals surface area contributed by atoms with E-state index in [9.17, 15) is 4.79 Å². The lowest BCUT2D eigenvalue weighted by Gasteiger charge is -2.08. The van der Waals surface area contributed by atoms with Crippen molar-refractivity contribution in [2.75, 3.05) is 0 Å². The topological polar surface area (TPSA) is 47.8 Å². The number of hydrogen-bond donors (Lipinski definition) is 0. The highest BCUT2D eigenvalue weighted by atomic mass is 32.1. The zero-order valence-electron chi connectivity index (χ0n) is 11.4. The van der Waals surface area contributed by atoms with Crippen molar-refractivity contribution in [3.05, 3.63) is 34.5 Å². The molecule has 0 unspecified atom stereocenters. The van der Waals surface area contributed by atoms with E-state index < -0.39 is 0 Å². The smallest absolute Gasteiger partial charge is 0.140 e. The van der Waals surface area contributed by atoms with E-state index in [-0.39, 0.29) is 11.8 Å². The van der Waals surface area contributed by atoms with Gasteiger partial charge in [-0.25, -0.2) is 9.67 Å².